The largest absolute Gasteiger partial charge is 0.354 e. The molecular formula is C16H24ClFN2O. The van der Waals surface area contributed by atoms with Crippen molar-refractivity contribution >= 4 is 18.3 Å². The average Bonchev–Trinajstić information content (AvgIpc) is 3.21. The Kier molecular flexibility index (Phi) is 6.62. The Labute approximate surface area is 132 Å². The number of hydrogen-bond donors (Lipinski definition) is 2. The number of carbonyl (C=O) groups excluding carboxylic acids is 1. The van der Waals surface area contributed by atoms with Gasteiger partial charge in [-0.2, -0.15) is 0 Å². The molecule has 0 spiro atoms. The van der Waals surface area contributed by atoms with Crippen molar-refractivity contribution in [2.75, 3.05) is 19.6 Å². The minimum atomic E-state index is -0.283. The maximum atomic E-state index is 13.2. The average molecular weight is 315 g/mol. The van der Waals surface area contributed by atoms with Crippen LogP contribution < -0.4 is 10.6 Å². The van der Waals surface area contributed by atoms with Crippen LogP contribution in [-0.2, 0) is 10.2 Å². The standard InChI is InChI=1S/C16H23FN2O.ClH/c1-16(2,13-4-3-5-14(17)8-13)11-19-15(20)10-18-9-12-6-7-12;/h3-5,8,12,18H,6-7,9-11H2,1-2H3,(H,19,20);1H. The highest BCUT2D eigenvalue weighted by atomic mass is 35.5. The Morgan fingerprint density at radius 1 is 1.38 bits per heavy atom. The summed E-state index contributed by atoms with van der Waals surface area (Å²) in [7, 11) is 0. The molecule has 1 aromatic rings. The van der Waals surface area contributed by atoms with Crippen LogP contribution in [0.1, 0.15) is 32.3 Å². The van der Waals surface area contributed by atoms with E-state index in [1.54, 1.807) is 6.07 Å². The van der Waals surface area contributed by atoms with Crippen molar-refractivity contribution in [3.05, 3.63) is 35.6 Å². The van der Waals surface area contributed by atoms with Gasteiger partial charge in [-0.05, 0) is 43.0 Å². The highest BCUT2D eigenvalue weighted by molar-refractivity contribution is 5.85. The summed E-state index contributed by atoms with van der Waals surface area (Å²) in [6, 6.07) is 6.55. The summed E-state index contributed by atoms with van der Waals surface area (Å²) in [5.41, 5.74) is 0.609. The van der Waals surface area contributed by atoms with Crippen LogP contribution in [0.15, 0.2) is 24.3 Å². The van der Waals surface area contributed by atoms with Crippen molar-refractivity contribution < 1.29 is 9.18 Å². The van der Waals surface area contributed by atoms with Crippen LogP contribution >= 0.6 is 12.4 Å². The van der Waals surface area contributed by atoms with Gasteiger partial charge in [0.2, 0.25) is 5.91 Å². The van der Waals surface area contributed by atoms with Gasteiger partial charge in [-0.3, -0.25) is 4.79 Å². The number of halogens is 2. The van der Waals surface area contributed by atoms with Crippen molar-refractivity contribution in [2.45, 2.75) is 32.1 Å². The zero-order valence-corrected chi connectivity index (χ0v) is 13.4. The quantitative estimate of drug-likeness (QED) is 0.812. The molecule has 0 radical (unpaired) electrons. The maximum absolute atomic E-state index is 13.2. The van der Waals surface area contributed by atoms with Crippen molar-refractivity contribution in [1.82, 2.24) is 10.6 Å². The fourth-order valence-electron chi connectivity index (χ4n) is 2.11. The number of rotatable bonds is 7. The Morgan fingerprint density at radius 3 is 2.71 bits per heavy atom. The van der Waals surface area contributed by atoms with Gasteiger partial charge < -0.3 is 10.6 Å². The normalized spacial score (nSPS) is 14.4. The van der Waals surface area contributed by atoms with E-state index in [1.165, 1.54) is 25.0 Å². The molecule has 5 heteroatoms. The lowest BCUT2D eigenvalue weighted by Gasteiger charge is -2.25. The van der Waals surface area contributed by atoms with E-state index < -0.39 is 0 Å². The summed E-state index contributed by atoms with van der Waals surface area (Å²) in [5.74, 6) is 0.523. The first kappa shape index (κ1) is 17.9. The van der Waals surface area contributed by atoms with Crippen LogP contribution in [0.2, 0.25) is 0 Å². The van der Waals surface area contributed by atoms with E-state index in [4.69, 9.17) is 0 Å². The van der Waals surface area contributed by atoms with Gasteiger partial charge >= 0.3 is 0 Å². The molecule has 1 aliphatic carbocycles. The number of benzene rings is 1. The van der Waals surface area contributed by atoms with E-state index >= 15 is 0 Å². The van der Waals surface area contributed by atoms with Gasteiger partial charge in [-0.1, -0.05) is 26.0 Å². The first-order valence-electron chi connectivity index (χ1n) is 7.21. The molecule has 1 aromatic carbocycles. The summed E-state index contributed by atoms with van der Waals surface area (Å²) < 4.78 is 13.2. The van der Waals surface area contributed by atoms with Gasteiger partial charge in [0.15, 0.2) is 0 Å². The van der Waals surface area contributed by atoms with Crippen LogP contribution in [0.3, 0.4) is 0 Å². The predicted molar refractivity (Wildman–Crippen MR) is 85.3 cm³/mol. The molecule has 0 bridgehead atoms. The summed E-state index contributed by atoms with van der Waals surface area (Å²) in [6.07, 6.45) is 2.56. The van der Waals surface area contributed by atoms with Crippen LogP contribution in [0.25, 0.3) is 0 Å². The molecule has 1 aliphatic rings. The molecule has 0 unspecified atom stereocenters. The van der Waals surface area contributed by atoms with Gasteiger partial charge in [0.1, 0.15) is 5.82 Å². The third kappa shape index (κ3) is 6.02. The minimum absolute atomic E-state index is 0. The number of amides is 1. The second kappa shape index (κ2) is 7.76. The lowest BCUT2D eigenvalue weighted by molar-refractivity contribution is -0.120. The van der Waals surface area contributed by atoms with Gasteiger partial charge in [-0.25, -0.2) is 4.39 Å². The zero-order valence-electron chi connectivity index (χ0n) is 12.6. The Morgan fingerprint density at radius 2 is 2.10 bits per heavy atom. The van der Waals surface area contributed by atoms with Gasteiger partial charge in [0.05, 0.1) is 6.54 Å². The lowest BCUT2D eigenvalue weighted by atomic mass is 9.84. The van der Waals surface area contributed by atoms with Gasteiger partial charge in [0, 0.05) is 12.0 Å². The maximum Gasteiger partial charge on any atom is 0.233 e. The molecule has 0 saturated heterocycles. The SMILES string of the molecule is CC(C)(CNC(=O)CNCC1CC1)c1cccc(F)c1.Cl. The van der Waals surface area contributed by atoms with Crippen molar-refractivity contribution in [2.24, 2.45) is 5.92 Å². The molecule has 0 aromatic heterocycles. The smallest absolute Gasteiger partial charge is 0.233 e. The molecule has 1 fully saturated rings. The molecule has 2 rings (SSSR count). The highest BCUT2D eigenvalue weighted by Crippen LogP contribution is 2.27. The van der Waals surface area contributed by atoms with E-state index in [0.29, 0.717) is 13.1 Å². The van der Waals surface area contributed by atoms with E-state index in [2.05, 4.69) is 10.6 Å². The first-order valence-corrected chi connectivity index (χ1v) is 7.21. The van der Waals surface area contributed by atoms with Gasteiger partial charge in [-0.15, -0.1) is 12.4 Å². The topological polar surface area (TPSA) is 41.1 Å². The number of hydrogen-bond acceptors (Lipinski definition) is 2. The van der Waals surface area contributed by atoms with Crippen LogP contribution in [0.5, 0.6) is 0 Å². The lowest BCUT2D eigenvalue weighted by Crippen LogP contribution is -2.41. The first-order chi connectivity index (χ1) is 9.47. The molecule has 1 amide bonds. The van der Waals surface area contributed by atoms with Crippen LogP contribution in [0.4, 0.5) is 4.39 Å². The predicted octanol–water partition coefficient (Wildman–Crippen LogP) is 2.64. The zero-order chi connectivity index (χ0) is 14.6. The molecule has 21 heavy (non-hydrogen) atoms. The highest BCUT2D eigenvalue weighted by Gasteiger charge is 2.23. The fraction of sp³-hybridized carbons (Fsp3) is 0.562. The Hall–Kier alpha value is -1.13. The molecule has 1 saturated carbocycles. The molecular weight excluding hydrogens is 291 g/mol. The van der Waals surface area contributed by atoms with E-state index in [1.807, 2.05) is 19.9 Å². The number of carbonyl (C=O) groups is 1. The summed E-state index contributed by atoms with van der Waals surface area (Å²) in [6.45, 7) is 5.79. The Balaban J connectivity index is 0.00000220. The molecule has 0 atom stereocenters. The Bertz CT molecular complexity index is 475. The molecule has 2 N–H and O–H groups in total. The molecule has 3 nitrogen and oxygen atoms in total. The van der Waals surface area contributed by atoms with Gasteiger partial charge in [0.25, 0.3) is 0 Å². The number of nitrogens with one attached hydrogen (secondary N) is 2. The van der Waals surface area contributed by atoms with Crippen molar-refractivity contribution in [1.29, 1.82) is 0 Å². The summed E-state index contributed by atoms with van der Waals surface area (Å²) in [5, 5.41) is 6.07. The van der Waals surface area contributed by atoms with Crippen LogP contribution in [-0.4, -0.2) is 25.5 Å². The molecule has 0 aliphatic heterocycles. The van der Waals surface area contributed by atoms with Crippen LogP contribution in [0, 0.1) is 11.7 Å². The van der Waals surface area contributed by atoms with E-state index in [9.17, 15) is 9.18 Å². The third-order valence-electron chi connectivity index (χ3n) is 3.75. The second-order valence-corrected chi connectivity index (χ2v) is 6.25. The monoisotopic (exact) mass is 314 g/mol. The van der Waals surface area contributed by atoms with Crippen molar-refractivity contribution in [3.8, 4) is 0 Å². The van der Waals surface area contributed by atoms with E-state index in [0.717, 1.165) is 18.0 Å². The minimum Gasteiger partial charge on any atom is -0.354 e. The summed E-state index contributed by atoms with van der Waals surface area (Å²) in [4.78, 5) is 11.7. The fourth-order valence-corrected chi connectivity index (χ4v) is 2.11. The summed E-state index contributed by atoms with van der Waals surface area (Å²) >= 11 is 0. The second-order valence-electron chi connectivity index (χ2n) is 6.25. The molecule has 0 heterocycles. The third-order valence-corrected chi connectivity index (χ3v) is 3.75. The van der Waals surface area contributed by atoms with Crippen molar-refractivity contribution in [3.63, 3.8) is 0 Å². The molecule has 118 valence electrons. The van der Waals surface area contributed by atoms with E-state index in [-0.39, 0.29) is 29.5 Å².